The minimum atomic E-state index is -0.894. The predicted octanol–water partition coefficient (Wildman–Crippen LogP) is 2.92. The number of amides is 4. The molecular weight excluding hydrogens is 349 g/mol. The zero-order valence-corrected chi connectivity index (χ0v) is 14.5. The molecule has 4 amide bonds. The Bertz CT molecular complexity index is 742. The first-order valence-corrected chi connectivity index (χ1v) is 8.60. The first-order chi connectivity index (χ1) is 11.8. The fourth-order valence-electron chi connectivity index (χ4n) is 3.56. The number of hydrogen-bond donors (Lipinski definition) is 2. The smallest absolute Gasteiger partial charge is 0.324 e. The second kappa shape index (κ2) is 6.63. The summed E-state index contributed by atoms with van der Waals surface area (Å²) in [5, 5.41) is 5.19. The van der Waals surface area contributed by atoms with Gasteiger partial charge in [-0.2, -0.15) is 0 Å². The van der Waals surface area contributed by atoms with Gasteiger partial charge in [0, 0.05) is 5.69 Å². The van der Waals surface area contributed by atoms with Crippen molar-refractivity contribution in [2.24, 2.45) is 5.92 Å². The Labute approximate surface area is 149 Å². The average Bonchev–Trinajstić information content (AvgIpc) is 2.79. The van der Waals surface area contributed by atoms with E-state index in [1.54, 1.807) is 0 Å². The summed E-state index contributed by atoms with van der Waals surface area (Å²) in [6, 6.07) is 3.21. The van der Waals surface area contributed by atoms with E-state index in [4.69, 9.17) is 11.6 Å². The van der Waals surface area contributed by atoms with Crippen LogP contribution in [0.1, 0.15) is 32.6 Å². The van der Waals surface area contributed by atoms with Gasteiger partial charge in [-0.3, -0.25) is 14.5 Å². The van der Waals surface area contributed by atoms with Crippen LogP contribution in [-0.2, 0) is 9.59 Å². The maximum absolute atomic E-state index is 13.2. The molecule has 0 bridgehead atoms. The number of urea groups is 1. The fraction of sp³-hybridized carbons (Fsp3) is 0.471. The number of imide groups is 1. The van der Waals surface area contributed by atoms with Crippen molar-refractivity contribution in [3.8, 4) is 0 Å². The normalized spacial score (nSPS) is 26.0. The summed E-state index contributed by atoms with van der Waals surface area (Å²) in [5.41, 5.74) is -0.598. The largest absolute Gasteiger partial charge is 0.325 e. The SMILES string of the molecule is CC1CCCCC12NC(=O)N(CC(=O)Nc1ccc(F)c(Cl)c1)C2=O. The maximum atomic E-state index is 13.2. The molecule has 1 spiro atoms. The lowest BCUT2D eigenvalue weighted by Gasteiger charge is -2.36. The van der Waals surface area contributed by atoms with Crippen LogP contribution < -0.4 is 10.6 Å². The van der Waals surface area contributed by atoms with Crippen LogP contribution in [0.3, 0.4) is 0 Å². The molecule has 134 valence electrons. The van der Waals surface area contributed by atoms with E-state index in [-0.39, 0.29) is 16.8 Å². The molecule has 2 N–H and O–H groups in total. The standard InChI is InChI=1S/C17H19ClFN3O3/c1-10-4-2-3-7-17(10)15(24)22(16(25)21-17)9-14(23)20-11-5-6-13(19)12(18)8-11/h5-6,8,10H,2-4,7,9H2,1H3,(H,20,23)(H,21,25). The number of nitrogens with zero attached hydrogens (tertiary/aromatic N) is 1. The van der Waals surface area contributed by atoms with Crippen LogP contribution >= 0.6 is 11.6 Å². The van der Waals surface area contributed by atoms with Gasteiger partial charge in [-0.25, -0.2) is 9.18 Å². The van der Waals surface area contributed by atoms with E-state index in [1.807, 2.05) is 6.92 Å². The molecule has 8 heteroatoms. The number of halogens is 2. The van der Waals surface area contributed by atoms with Crippen molar-refractivity contribution >= 4 is 35.1 Å². The average molecular weight is 368 g/mol. The highest BCUT2D eigenvalue weighted by molar-refractivity contribution is 6.31. The molecular formula is C17H19ClFN3O3. The molecule has 1 saturated heterocycles. The fourth-order valence-corrected chi connectivity index (χ4v) is 3.74. The van der Waals surface area contributed by atoms with Crippen molar-refractivity contribution < 1.29 is 18.8 Å². The Balaban J connectivity index is 1.69. The van der Waals surface area contributed by atoms with Crippen molar-refractivity contribution in [2.75, 3.05) is 11.9 Å². The van der Waals surface area contributed by atoms with Gasteiger partial charge in [-0.05, 0) is 37.0 Å². The van der Waals surface area contributed by atoms with Gasteiger partial charge in [0.05, 0.1) is 5.02 Å². The van der Waals surface area contributed by atoms with Crippen molar-refractivity contribution in [3.05, 3.63) is 29.0 Å². The zero-order chi connectivity index (χ0) is 18.2. The summed E-state index contributed by atoms with van der Waals surface area (Å²) in [6.45, 7) is 1.55. The third-order valence-corrected chi connectivity index (χ3v) is 5.30. The number of carbonyl (C=O) groups is 3. The summed E-state index contributed by atoms with van der Waals surface area (Å²) in [6.07, 6.45) is 3.34. The predicted molar refractivity (Wildman–Crippen MR) is 90.6 cm³/mol. The van der Waals surface area contributed by atoms with Gasteiger partial charge in [-0.15, -0.1) is 0 Å². The number of nitrogens with one attached hydrogen (secondary N) is 2. The number of carbonyl (C=O) groups excluding carboxylic acids is 3. The molecule has 1 aromatic carbocycles. The molecule has 1 aliphatic carbocycles. The lowest BCUT2D eigenvalue weighted by molar-refractivity contribution is -0.136. The van der Waals surface area contributed by atoms with E-state index in [9.17, 15) is 18.8 Å². The van der Waals surface area contributed by atoms with Crippen molar-refractivity contribution in [1.82, 2.24) is 10.2 Å². The number of benzene rings is 1. The first kappa shape index (κ1) is 17.7. The topological polar surface area (TPSA) is 78.5 Å². The van der Waals surface area contributed by atoms with Crippen molar-refractivity contribution in [2.45, 2.75) is 38.1 Å². The molecule has 3 rings (SSSR count). The number of rotatable bonds is 3. The third kappa shape index (κ3) is 3.20. The summed E-state index contributed by atoms with van der Waals surface area (Å²) >= 11 is 5.67. The lowest BCUT2D eigenvalue weighted by atomic mass is 9.73. The summed E-state index contributed by atoms with van der Waals surface area (Å²) in [5.74, 6) is -1.47. The Morgan fingerprint density at radius 3 is 2.88 bits per heavy atom. The van der Waals surface area contributed by atoms with Gasteiger partial charge in [0.1, 0.15) is 17.9 Å². The number of hydrogen-bond acceptors (Lipinski definition) is 3. The monoisotopic (exact) mass is 367 g/mol. The lowest BCUT2D eigenvalue weighted by Crippen LogP contribution is -2.54. The molecule has 2 unspecified atom stereocenters. The molecule has 0 aromatic heterocycles. The molecule has 0 radical (unpaired) electrons. The van der Waals surface area contributed by atoms with Crippen molar-refractivity contribution in [1.29, 1.82) is 0 Å². The van der Waals surface area contributed by atoms with Gasteiger partial charge in [0.15, 0.2) is 0 Å². The Hall–Kier alpha value is -2.15. The van der Waals surface area contributed by atoms with E-state index in [1.165, 1.54) is 12.1 Å². The Morgan fingerprint density at radius 2 is 2.20 bits per heavy atom. The summed E-state index contributed by atoms with van der Waals surface area (Å²) < 4.78 is 13.2. The third-order valence-electron chi connectivity index (χ3n) is 5.01. The summed E-state index contributed by atoms with van der Waals surface area (Å²) in [7, 11) is 0. The van der Waals surface area contributed by atoms with E-state index in [0.717, 1.165) is 30.2 Å². The second-order valence-corrected chi connectivity index (χ2v) is 7.02. The molecule has 2 fully saturated rings. The van der Waals surface area contributed by atoms with Gasteiger partial charge < -0.3 is 10.6 Å². The second-order valence-electron chi connectivity index (χ2n) is 6.62. The van der Waals surface area contributed by atoms with Crippen molar-refractivity contribution in [3.63, 3.8) is 0 Å². The minimum absolute atomic E-state index is 0.0293. The van der Waals surface area contributed by atoms with E-state index in [2.05, 4.69) is 10.6 Å². The highest BCUT2D eigenvalue weighted by atomic mass is 35.5. The highest BCUT2D eigenvalue weighted by Gasteiger charge is 2.55. The van der Waals surface area contributed by atoms with E-state index < -0.39 is 29.8 Å². The summed E-state index contributed by atoms with van der Waals surface area (Å²) in [4.78, 5) is 38.1. The van der Waals surface area contributed by atoms with Gasteiger partial charge in [0.2, 0.25) is 5.91 Å². The maximum Gasteiger partial charge on any atom is 0.325 e. The van der Waals surface area contributed by atoms with Crippen LogP contribution in [-0.4, -0.2) is 34.8 Å². The van der Waals surface area contributed by atoms with Crippen LogP contribution in [0.2, 0.25) is 5.02 Å². The van der Waals surface area contributed by atoms with Gasteiger partial charge in [-0.1, -0.05) is 31.4 Å². The molecule has 1 saturated carbocycles. The molecule has 25 heavy (non-hydrogen) atoms. The van der Waals surface area contributed by atoms with Crippen LogP contribution in [0.25, 0.3) is 0 Å². The minimum Gasteiger partial charge on any atom is -0.324 e. The van der Waals surface area contributed by atoms with Gasteiger partial charge >= 0.3 is 6.03 Å². The Kier molecular flexibility index (Phi) is 4.69. The number of anilines is 1. The molecule has 1 heterocycles. The first-order valence-electron chi connectivity index (χ1n) is 8.22. The van der Waals surface area contributed by atoms with Crippen LogP contribution in [0.4, 0.5) is 14.9 Å². The molecule has 6 nitrogen and oxygen atoms in total. The van der Waals surface area contributed by atoms with Crippen LogP contribution in [0.5, 0.6) is 0 Å². The van der Waals surface area contributed by atoms with E-state index >= 15 is 0 Å². The van der Waals surface area contributed by atoms with E-state index in [0.29, 0.717) is 12.1 Å². The van der Waals surface area contributed by atoms with Crippen LogP contribution in [0.15, 0.2) is 18.2 Å². The Morgan fingerprint density at radius 1 is 1.44 bits per heavy atom. The molecule has 2 atom stereocenters. The zero-order valence-electron chi connectivity index (χ0n) is 13.8. The highest BCUT2D eigenvalue weighted by Crippen LogP contribution is 2.38. The van der Waals surface area contributed by atoms with Gasteiger partial charge in [0.25, 0.3) is 5.91 Å². The molecule has 2 aliphatic rings. The molecule has 1 aromatic rings. The quantitative estimate of drug-likeness (QED) is 0.806. The van der Waals surface area contributed by atoms with Crippen LogP contribution in [0, 0.1) is 11.7 Å². The molecule has 1 aliphatic heterocycles.